The molecule has 3 aliphatic rings. The molecule has 332 valence electrons. The highest BCUT2D eigenvalue weighted by Gasteiger charge is 2.56. The van der Waals surface area contributed by atoms with Gasteiger partial charge in [0, 0.05) is 48.2 Å². The van der Waals surface area contributed by atoms with Gasteiger partial charge in [0.1, 0.15) is 30.2 Å². The number of aliphatic hydroxyl groups excluding tert-OH is 1. The third kappa shape index (κ3) is 14.2. The van der Waals surface area contributed by atoms with Gasteiger partial charge in [-0.05, 0) is 84.2 Å². The lowest BCUT2D eigenvalue weighted by molar-refractivity contribution is -0.172. The van der Waals surface area contributed by atoms with Gasteiger partial charge in [-0.3, -0.25) is 14.4 Å². The number of carbonyl (C=O) groups excluding carboxylic acids is 5. The molecule has 2 N–H and O–H groups in total. The van der Waals surface area contributed by atoms with Gasteiger partial charge in [-0.1, -0.05) is 65.0 Å². The van der Waals surface area contributed by atoms with Crippen LogP contribution in [0.5, 0.6) is 0 Å². The maximum atomic E-state index is 13.1. The summed E-state index contributed by atoms with van der Waals surface area (Å²) in [6, 6.07) is 9.40. The van der Waals surface area contributed by atoms with Crippen molar-refractivity contribution in [3.63, 3.8) is 0 Å². The van der Waals surface area contributed by atoms with E-state index in [2.05, 4.69) is 24.9 Å². The number of alkyl carbamates (subject to hydrolysis) is 1. The second kappa shape index (κ2) is 23.3. The summed E-state index contributed by atoms with van der Waals surface area (Å²) in [6.45, 7) is 14.8. The predicted octanol–water partition coefficient (Wildman–Crippen LogP) is 6.66. The van der Waals surface area contributed by atoms with E-state index < -0.39 is 54.1 Å². The Labute approximate surface area is 354 Å². The minimum atomic E-state index is -1.19. The van der Waals surface area contributed by atoms with Crippen LogP contribution in [0.3, 0.4) is 0 Å². The second-order valence-corrected chi connectivity index (χ2v) is 16.6. The molecule has 0 spiro atoms. The molecule has 5 rings (SSSR count). The highest BCUT2D eigenvalue weighted by Crippen LogP contribution is 2.37. The van der Waals surface area contributed by atoms with Crippen LogP contribution < -0.4 is 5.32 Å². The second-order valence-electron chi connectivity index (χ2n) is 16.6. The largest absolute Gasteiger partial charge is 0.508 e. The van der Waals surface area contributed by atoms with Gasteiger partial charge in [0.15, 0.2) is 17.7 Å². The van der Waals surface area contributed by atoms with Gasteiger partial charge in [-0.25, -0.2) is 19.6 Å². The van der Waals surface area contributed by atoms with Crippen molar-refractivity contribution in [2.75, 3.05) is 27.8 Å². The topological polar surface area (TPSA) is 193 Å². The summed E-state index contributed by atoms with van der Waals surface area (Å²) in [5.74, 6) is -1.81. The summed E-state index contributed by atoms with van der Waals surface area (Å²) < 4.78 is 25.5. The number of nitrogens with one attached hydrogen (secondary N) is 1. The quantitative estimate of drug-likeness (QED) is 0.178. The Kier molecular flexibility index (Phi) is 19.3. The Morgan fingerprint density at radius 2 is 1.57 bits per heavy atom. The third-order valence-corrected chi connectivity index (χ3v) is 11.4. The molecule has 11 atom stereocenters. The van der Waals surface area contributed by atoms with Crippen molar-refractivity contribution in [2.24, 2.45) is 29.6 Å². The number of aromatic nitrogens is 2. The Balaban J connectivity index is 0.000000266. The van der Waals surface area contributed by atoms with Gasteiger partial charge in [0.25, 0.3) is 0 Å². The predicted molar refractivity (Wildman–Crippen MR) is 225 cm³/mol. The lowest BCUT2D eigenvalue weighted by atomic mass is 9.76. The number of hydrogen-bond acceptors (Lipinski definition) is 14. The number of esters is 1. The van der Waals surface area contributed by atoms with Crippen molar-refractivity contribution in [1.82, 2.24) is 20.2 Å². The first-order valence-electron chi connectivity index (χ1n) is 20.8. The number of ether oxygens (including phenoxy) is 5. The summed E-state index contributed by atoms with van der Waals surface area (Å²) in [4.78, 5) is 72.0. The zero-order chi connectivity index (χ0) is 44.7. The van der Waals surface area contributed by atoms with E-state index in [4.69, 9.17) is 18.9 Å². The number of ketones is 2. The highest BCUT2D eigenvalue weighted by atomic mass is 16.7. The van der Waals surface area contributed by atoms with E-state index in [1.165, 1.54) is 7.11 Å². The SMILES string of the molecule is CC1CC(N(C)C)CC(O)O1.CC[C@H]1OC(=O)[C@H](C)C(=O)[C@H](C)C[C@@H](C)C[C@@H](C)C(=O)C(C)C2NC(=O)O[C@@]21C.COC(=O)OC/C=C/c1ccc(-c2ncccn2)cc1. The van der Waals surface area contributed by atoms with Crippen molar-refractivity contribution in [3.05, 3.63) is 54.4 Å². The molecule has 4 heterocycles. The number of cyclic esters (lactones) is 1. The molecule has 1 amide bonds. The summed E-state index contributed by atoms with van der Waals surface area (Å²) in [5, 5.41) is 12.0. The van der Waals surface area contributed by atoms with Gasteiger partial charge >= 0.3 is 18.2 Å². The normalized spacial score (nSPS) is 31.2. The number of Topliss-reactive ketones (excluding diaryl/α,β-unsaturated/α-hetero) is 2. The molecule has 15 heteroatoms. The van der Waals surface area contributed by atoms with Crippen LogP contribution in [-0.4, -0.2) is 114 Å². The number of hydrogen-bond donors (Lipinski definition) is 2. The van der Waals surface area contributed by atoms with E-state index in [-0.39, 0.29) is 42.0 Å². The van der Waals surface area contributed by atoms with Crippen LogP contribution in [0.15, 0.2) is 48.8 Å². The lowest BCUT2D eigenvalue weighted by Crippen LogP contribution is -2.56. The van der Waals surface area contributed by atoms with Gasteiger partial charge in [0.05, 0.1) is 19.3 Å². The van der Waals surface area contributed by atoms with Crippen molar-refractivity contribution in [1.29, 1.82) is 0 Å². The average molecular weight is 839 g/mol. The zero-order valence-electron chi connectivity index (χ0n) is 37.1. The minimum Gasteiger partial charge on any atom is -0.458 e. The summed E-state index contributed by atoms with van der Waals surface area (Å²) in [5.41, 5.74) is 0.757. The summed E-state index contributed by atoms with van der Waals surface area (Å²) in [7, 11) is 5.35. The monoisotopic (exact) mass is 838 g/mol. The molecule has 1 aromatic carbocycles. The van der Waals surface area contributed by atoms with Crippen molar-refractivity contribution >= 4 is 35.9 Å². The molecule has 5 unspecified atom stereocenters. The fourth-order valence-corrected chi connectivity index (χ4v) is 8.05. The standard InChI is InChI=1S/C22H35NO6.C15H14N2O3.C8H17NO2/c1-8-16-22(7)19(23-21(27)29-22)14(5)17(24)12(3)9-11(2)10-13(4)18(25)15(6)20(26)28-16;1-19-15(18)20-11-2-4-12-5-7-13(8-6-12)14-16-9-3-10-17-14;1-6-4-7(9(2)3)5-8(10)11-6/h11-16,19H,8-10H2,1-7H3,(H,23,27);2-10H,11H2,1H3;6-8,10H,4-5H2,1-3H3/b;4-2+;/t11-,12+,13+,14?,15+,16+,19?,22+;;/m0../s1. The number of aliphatic hydroxyl groups is 1. The summed E-state index contributed by atoms with van der Waals surface area (Å²) >= 11 is 0. The Hall–Kier alpha value is -4.73. The molecule has 0 bridgehead atoms. The van der Waals surface area contributed by atoms with Crippen molar-refractivity contribution in [3.8, 4) is 11.4 Å². The van der Waals surface area contributed by atoms with Crippen LogP contribution in [0.25, 0.3) is 17.5 Å². The van der Waals surface area contributed by atoms with Gasteiger partial charge in [0.2, 0.25) is 0 Å². The number of benzene rings is 1. The Morgan fingerprint density at radius 1 is 0.950 bits per heavy atom. The lowest BCUT2D eigenvalue weighted by Gasteiger charge is -2.38. The van der Waals surface area contributed by atoms with Crippen LogP contribution in [0.2, 0.25) is 0 Å². The molecular weight excluding hydrogens is 773 g/mol. The van der Waals surface area contributed by atoms with E-state index in [0.29, 0.717) is 31.1 Å². The number of carbonyl (C=O) groups is 5. The smallest absolute Gasteiger partial charge is 0.458 e. The molecular formula is C45H66N4O11. The number of methoxy groups -OCH3 is 1. The maximum absolute atomic E-state index is 13.1. The number of amides is 1. The molecule has 0 radical (unpaired) electrons. The van der Waals surface area contributed by atoms with Gasteiger partial charge in [-0.2, -0.15) is 0 Å². The molecule has 0 aliphatic carbocycles. The number of nitrogens with zero attached hydrogens (tertiary/aromatic N) is 3. The fraction of sp³-hybridized carbons (Fsp3) is 0.622. The van der Waals surface area contributed by atoms with E-state index >= 15 is 0 Å². The average Bonchev–Trinajstić information content (AvgIpc) is 3.54. The molecule has 3 aliphatic heterocycles. The maximum Gasteiger partial charge on any atom is 0.508 e. The molecule has 1 aromatic heterocycles. The molecule has 15 nitrogen and oxygen atoms in total. The van der Waals surface area contributed by atoms with Crippen molar-refractivity contribution < 1.29 is 52.8 Å². The van der Waals surface area contributed by atoms with Crippen LogP contribution >= 0.6 is 0 Å². The van der Waals surface area contributed by atoms with E-state index in [9.17, 15) is 29.1 Å². The van der Waals surface area contributed by atoms with Crippen LogP contribution in [0.1, 0.15) is 93.1 Å². The molecule has 3 fully saturated rings. The highest BCUT2D eigenvalue weighted by molar-refractivity contribution is 5.99. The van der Waals surface area contributed by atoms with Gasteiger partial charge < -0.3 is 39.0 Å². The number of fused-ring (bicyclic) bond motifs is 1. The van der Waals surface area contributed by atoms with E-state index in [0.717, 1.165) is 24.0 Å². The molecule has 0 saturated carbocycles. The Morgan fingerprint density at radius 3 is 2.13 bits per heavy atom. The number of rotatable bonds is 6. The fourth-order valence-electron chi connectivity index (χ4n) is 8.05. The van der Waals surface area contributed by atoms with Crippen molar-refractivity contribution in [2.45, 2.75) is 124 Å². The van der Waals surface area contributed by atoms with Crippen LogP contribution in [0.4, 0.5) is 9.59 Å². The van der Waals surface area contributed by atoms with E-state index in [1.807, 2.05) is 79.1 Å². The zero-order valence-corrected chi connectivity index (χ0v) is 37.1. The molecule has 60 heavy (non-hydrogen) atoms. The van der Waals surface area contributed by atoms with Crippen LogP contribution in [-0.2, 0) is 38.1 Å². The first-order valence-corrected chi connectivity index (χ1v) is 20.8. The van der Waals surface area contributed by atoms with Gasteiger partial charge in [-0.15, -0.1) is 0 Å². The first kappa shape index (κ1) is 49.6. The Bertz CT molecular complexity index is 1730. The van der Waals surface area contributed by atoms with Crippen LogP contribution in [0, 0.1) is 29.6 Å². The van der Waals surface area contributed by atoms with E-state index in [1.54, 1.807) is 45.3 Å². The third-order valence-electron chi connectivity index (χ3n) is 11.4. The molecule has 3 saturated heterocycles. The first-order chi connectivity index (χ1) is 28.3. The summed E-state index contributed by atoms with van der Waals surface area (Å²) in [6.07, 6.45) is 7.95. The molecule has 2 aromatic rings. The minimum absolute atomic E-state index is 0.0319.